The third-order valence-corrected chi connectivity index (χ3v) is 6.09. The van der Waals surface area contributed by atoms with Crippen molar-refractivity contribution in [3.8, 4) is 0 Å². The van der Waals surface area contributed by atoms with Crippen LogP contribution in [0.4, 0.5) is 9.52 Å². The Morgan fingerprint density at radius 1 is 1.35 bits per heavy atom. The lowest BCUT2D eigenvalue weighted by molar-refractivity contribution is -0.124. The van der Waals surface area contributed by atoms with Crippen LogP contribution in [0.3, 0.4) is 0 Å². The molecule has 1 amide bonds. The molecule has 1 saturated carbocycles. The Bertz CT molecular complexity index is 785. The predicted molar refractivity (Wildman–Crippen MR) is 98.8 cm³/mol. The van der Waals surface area contributed by atoms with Crippen molar-refractivity contribution in [2.45, 2.75) is 31.2 Å². The first-order valence-corrected chi connectivity index (χ1v) is 9.86. The average Bonchev–Trinajstić information content (AvgIpc) is 3.02. The molecule has 1 aromatic heterocycles. The first kappa shape index (κ1) is 17.6. The number of amides is 1. The zero-order chi connectivity index (χ0) is 18.0. The van der Waals surface area contributed by atoms with Gasteiger partial charge in [0.15, 0.2) is 5.13 Å². The van der Waals surface area contributed by atoms with Gasteiger partial charge in [0.1, 0.15) is 5.82 Å². The molecule has 2 heterocycles. The Hall–Kier alpha value is -1.83. The number of thiazole rings is 1. The lowest BCUT2D eigenvalue weighted by Gasteiger charge is -2.40. The molecule has 1 aliphatic carbocycles. The summed E-state index contributed by atoms with van der Waals surface area (Å²) in [4.78, 5) is 19.8. The molecule has 0 atom stereocenters. The number of anilines is 1. The Kier molecular flexibility index (Phi) is 5.02. The van der Waals surface area contributed by atoms with Gasteiger partial charge in [0.2, 0.25) is 5.91 Å². The number of carbonyl (C=O) groups is 1. The van der Waals surface area contributed by atoms with E-state index in [9.17, 15) is 9.18 Å². The quantitative estimate of drug-likeness (QED) is 0.872. The zero-order valence-electron chi connectivity index (χ0n) is 14.5. The molecule has 4 rings (SSSR count). The van der Waals surface area contributed by atoms with Crippen LogP contribution in [0.25, 0.3) is 0 Å². The van der Waals surface area contributed by atoms with Gasteiger partial charge in [0.05, 0.1) is 24.3 Å². The highest BCUT2D eigenvalue weighted by Gasteiger charge is 2.46. The largest absolute Gasteiger partial charge is 0.379 e. The van der Waals surface area contributed by atoms with Crippen LogP contribution in [0.1, 0.15) is 30.5 Å². The molecule has 1 aliphatic heterocycles. The second-order valence-corrected chi connectivity index (χ2v) is 7.79. The molecule has 5 nitrogen and oxygen atoms in total. The fourth-order valence-corrected chi connectivity index (χ4v) is 4.30. The molecule has 26 heavy (non-hydrogen) atoms. The van der Waals surface area contributed by atoms with Gasteiger partial charge in [-0.3, -0.25) is 9.69 Å². The predicted octanol–water partition coefficient (Wildman–Crippen LogP) is 3.17. The maximum Gasteiger partial charge on any atom is 0.236 e. The summed E-state index contributed by atoms with van der Waals surface area (Å²) < 4.78 is 19.0. The van der Waals surface area contributed by atoms with E-state index in [0.29, 0.717) is 5.13 Å². The van der Waals surface area contributed by atoms with E-state index in [-0.39, 0.29) is 11.7 Å². The Balaban J connectivity index is 1.44. The van der Waals surface area contributed by atoms with Crippen LogP contribution in [0.5, 0.6) is 0 Å². The summed E-state index contributed by atoms with van der Waals surface area (Å²) >= 11 is 1.44. The van der Waals surface area contributed by atoms with Gasteiger partial charge >= 0.3 is 0 Å². The summed E-state index contributed by atoms with van der Waals surface area (Å²) in [5.74, 6) is -0.384. The second-order valence-electron chi connectivity index (χ2n) is 6.93. The maximum atomic E-state index is 13.6. The summed E-state index contributed by atoms with van der Waals surface area (Å²) in [6.45, 7) is 4.09. The molecule has 2 aromatic rings. The minimum atomic E-state index is -0.627. The monoisotopic (exact) mass is 375 g/mol. The van der Waals surface area contributed by atoms with Gasteiger partial charge in [0.25, 0.3) is 0 Å². The van der Waals surface area contributed by atoms with E-state index in [1.165, 1.54) is 23.5 Å². The van der Waals surface area contributed by atoms with Gasteiger partial charge in [-0.15, -0.1) is 11.3 Å². The number of benzene rings is 1. The van der Waals surface area contributed by atoms with Crippen LogP contribution in [0, 0.1) is 5.82 Å². The number of hydrogen-bond acceptors (Lipinski definition) is 5. The second kappa shape index (κ2) is 7.42. The molecule has 1 saturated heterocycles. The van der Waals surface area contributed by atoms with Crippen molar-refractivity contribution in [2.24, 2.45) is 0 Å². The van der Waals surface area contributed by atoms with E-state index in [1.807, 2.05) is 11.4 Å². The van der Waals surface area contributed by atoms with Crippen LogP contribution in [0.2, 0.25) is 0 Å². The minimum absolute atomic E-state index is 0.0818. The summed E-state index contributed by atoms with van der Waals surface area (Å²) in [5, 5.41) is 5.56. The van der Waals surface area contributed by atoms with Crippen LogP contribution in [0.15, 0.2) is 29.6 Å². The number of halogens is 1. The summed E-state index contributed by atoms with van der Waals surface area (Å²) in [6, 6.07) is 6.40. The number of rotatable bonds is 5. The highest BCUT2D eigenvalue weighted by atomic mass is 32.1. The molecule has 1 N–H and O–H groups in total. The first-order valence-electron chi connectivity index (χ1n) is 8.98. The first-order chi connectivity index (χ1) is 12.7. The number of nitrogens with one attached hydrogen (secondary N) is 1. The van der Waals surface area contributed by atoms with Crippen LogP contribution in [-0.2, 0) is 21.5 Å². The molecular formula is C19H22FN3O2S. The third-order valence-electron chi connectivity index (χ3n) is 5.28. The van der Waals surface area contributed by atoms with E-state index in [0.717, 1.165) is 63.4 Å². The van der Waals surface area contributed by atoms with Gasteiger partial charge in [0, 0.05) is 25.0 Å². The van der Waals surface area contributed by atoms with E-state index in [1.54, 1.807) is 6.07 Å². The highest BCUT2D eigenvalue weighted by molar-refractivity contribution is 7.13. The van der Waals surface area contributed by atoms with Crippen molar-refractivity contribution in [3.05, 3.63) is 46.7 Å². The van der Waals surface area contributed by atoms with Gasteiger partial charge in [-0.05, 0) is 30.5 Å². The lowest BCUT2D eigenvalue weighted by atomic mass is 9.64. The average molecular weight is 375 g/mol. The Morgan fingerprint density at radius 3 is 2.85 bits per heavy atom. The van der Waals surface area contributed by atoms with Crippen molar-refractivity contribution < 1.29 is 13.9 Å². The van der Waals surface area contributed by atoms with Crippen molar-refractivity contribution in [2.75, 3.05) is 31.6 Å². The fraction of sp³-hybridized carbons (Fsp3) is 0.474. The number of nitrogens with zero attached hydrogens (tertiary/aromatic N) is 2. The zero-order valence-corrected chi connectivity index (χ0v) is 15.4. The Morgan fingerprint density at radius 2 is 2.15 bits per heavy atom. The molecule has 138 valence electrons. The van der Waals surface area contributed by atoms with Gasteiger partial charge in [-0.2, -0.15) is 0 Å². The highest BCUT2D eigenvalue weighted by Crippen LogP contribution is 2.44. The number of hydrogen-bond donors (Lipinski definition) is 1. The minimum Gasteiger partial charge on any atom is -0.379 e. The molecule has 2 fully saturated rings. The van der Waals surface area contributed by atoms with Gasteiger partial charge < -0.3 is 10.1 Å². The van der Waals surface area contributed by atoms with Gasteiger partial charge in [-0.25, -0.2) is 9.37 Å². The van der Waals surface area contributed by atoms with E-state index < -0.39 is 5.41 Å². The molecule has 0 spiro atoms. The van der Waals surface area contributed by atoms with Crippen molar-refractivity contribution in [3.63, 3.8) is 0 Å². The molecule has 2 aliphatic rings. The van der Waals surface area contributed by atoms with E-state index >= 15 is 0 Å². The van der Waals surface area contributed by atoms with E-state index in [4.69, 9.17) is 4.74 Å². The normalized spacial score (nSPS) is 19.7. The fourth-order valence-electron chi connectivity index (χ4n) is 3.61. The molecular weight excluding hydrogens is 353 g/mol. The van der Waals surface area contributed by atoms with Crippen LogP contribution in [-0.4, -0.2) is 42.1 Å². The third kappa shape index (κ3) is 3.51. The van der Waals surface area contributed by atoms with Crippen molar-refractivity contribution in [1.82, 2.24) is 9.88 Å². The summed E-state index contributed by atoms with van der Waals surface area (Å²) in [7, 11) is 0. The molecule has 0 bridgehead atoms. The van der Waals surface area contributed by atoms with Crippen molar-refractivity contribution in [1.29, 1.82) is 0 Å². The van der Waals surface area contributed by atoms with Crippen molar-refractivity contribution >= 4 is 22.4 Å². The molecule has 0 unspecified atom stereocenters. The Labute approximate surface area is 156 Å². The lowest BCUT2D eigenvalue weighted by Crippen LogP contribution is -2.46. The number of aromatic nitrogens is 1. The summed E-state index contributed by atoms with van der Waals surface area (Å²) in [5.41, 5.74) is 1.09. The van der Waals surface area contributed by atoms with Crippen LogP contribution >= 0.6 is 11.3 Å². The summed E-state index contributed by atoms with van der Waals surface area (Å²) in [6.07, 6.45) is 2.46. The SMILES string of the molecule is O=C(Nc1nc(CN2CCOCC2)cs1)C1(c2cccc(F)c2)CCC1. The van der Waals surface area contributed by atoms with E-state index in [2.05, 4.69) is 15.2 Å². The maximum absolute atomic E-state index is 13.6. The van der Waals surface area contributed by atoms with Crippen LogP contribution < -0.4 is 5.32 Å². The number of ether oxygens (including phenoxy) is 1. The number of morpholine rings is 1. The standard InChI is InChI=1S/C19H22FN3O2S/c20-15-4-1-3-14(11-15)19(5-2-6-19)17(24)22-18-21-16(13-26-18)12-23-7-9-25-10-8-23/h1,3-4,11,13H,2,5-10,12H2,(H,21,22,24). The topological polar surface area (TPSA) is 54.5 Å². The smallest absolute Gasteiger partial charge is 0.236 e. The van der Waals surface area contributed by atoms with Gasteiger partial charge in [-0.1, -0.05) is 18.6 Å². The molecule has 1 aromatic carbocycles. The number of carbonyl (C=O) groups excluding carboxylic acids is 1. The molecule has 7 heteroatoms. The molecule has 0 radical (unpaired) electrons.